The molecule has 0 radical (unpaired) electrons. The summed E-state index contributed by atoms with van der Waals surface area (Å²) < 4.78 is 5.41. The minimum atomic E-state index is -0.377. The lowest BCUT2D eigenvalue weighted by Crippen LogP contribution is -2.53. The van der Waals surface area contributed by atoms with Crippen LogP contribution in [0.25, 0.3) is 0 Å². The van der Waals surface area contributed by atoms with Crippen LogP contribution >= 0.6 is 0 Å². The highest BCUT2D eigenvalue weighted by Gasteiger charge is 2.35. The van der Waals surface area contributed by atoms with Crippen molar-refractivity contribution in [2.75, 3.05) is 19.7 Å². The molecular formula is C13H27NO2. The highest BCUT2D eigenvalue weighted by molar-refractivity contribution is 5.89. The Morgan fingerprint density at radius 1 is 1.25 bits per heavy atom. The van der Waals surface area contributed by atoms with E-state index in [0.29, 0.717) is 0 Å². The predicted molar refractivity (Wildman–Crippen MR) is 67.7 cm³/mol. The van der Waals surface area contributed by atoms with Gasteiger partial charge in [0.1, 0.15) is 6.61 Å². The largest absolute Gasteiger partial charge is 0.371 e. The van der Waals surface area contributed by atoms with Crippen LogP contribution in [0.1, 0.15) is 48.0 Å². The van der Waals surface area contributed by atoms with Crippen molar-refractivity contribution in [2.45, 2.75) is 59.6 Å². The normalized spacial score (nSPS) is 15.5. The molecule has 0 aromatic carbocycles. The van der Waals surface area contributed by atoms with Gasteiger partial charge in [0.05, 0.1) is 11.6 Å². The molecule has 0 rings (SSSR count). The van der Waals surface area contributed by atoms with Gasteiger partial charge >= 0.3 is 0 Å². The molecule has 0 aliphatic heterocycles. The van der Waals surface area contributed by atoms with Gasteiger partial charge in [-0.2, -0.15) is 0 Å². The Labute approximate surface area is 100 Å². The van der Waals surface area contributed by atoms with E-state index in [0.717, 1.165) is 19.5 Å². The first-order valence-electron chi connectivity index (χ1n) is 6.32. The van der Waals surface area contributed by atoms with Gasteiger partial charge in [-0.25, -0.2) is 0 Å². The van der Waals surface area contributed by atoms with Gasteiger partial charge in [0, 0.05) is 0 Å². The molecule has 0 fully saturated rings. The van der Waals surface area contributed by atoms with E-state index < -0.39 is 0 Å². The summed E-state index contributed by atoms with van der Waals surface area (Å²) in [6, 6.07) is 0. The van der Waals surface area contributed by atoms with E-state index in [1.165, 1.54) is 0 Å². The molecule has 0 bridgehead atoms. The number of ether oxygens (including phenoxy) is 1. The fourth-order valence-electron chi connectivity index (χ4n) is 1.92. The maximum Gasteiger partial charge on any atom is 0.178 e. The van der Waals surface area contributed by atoms with Gasteiger partial charge in [0.2, 0.25) is 0 Å². The molecule has 0 amide bonds. The van der Waals surface area contributed by atoms with E-state index in [-0.39, 0.29) is 24.0 Å². The Morgan fingerprint density at radius 3 is 2.06 bits per heavy atom. The van der Waals surface area contributed by atoms with Crippen molar-refractivity contribution in [3.8, 4) is 0 Å². The lowest BCUT2D eigenvalue weighted by molar-refractivity contribution is -0.136. The first-order chi connectivity index (χ1) is 7.42. The average Bonchev–Trinajstić information content (AvgIpc) is 2.26. The van der Waals surface area contributed by atoms with E-state index in [4.69, 9.17) is 4.74 Å². The Morgan fingerprint density at radius 2 is 1.75 bits per heavy atom. The van der Waals surface area contributed by atoms with Crippen molar-refractivity contribution in [2.24, 2.45) is 0 Å². The number of carbonyl (C=O) groups is 1. The second kappa shape index (κ2) is 7.02. The van der Waals surface area contributed by atoms with Crippen LogP contribution in [-0.2, 0) is 9.53 Å². The fourth-order valence-corrected chi connectivity index (χ4v) is 1.92. The maximum atomic E-state index is 12.2. The molecule has 3 nitrogen and oxygen atoms in total. The van der Waals surface area contributed by atoms with Crippen LogP contribution < -0.4 is 0 Å². The number of ketones is 1. The van der Waals surface area contributed by atoms with Crippen LogP contribution in [0.15, 0.2) is 0 Å². The summed E-state index contributed by atoms with van der Waals surface area (Å²) >= 11 is 0. The van der Waals surface area contributed by atoms with Gasteiger partial charge < -0.3 is 4.74 Å². The summed E-state index contributed by atoms with van der Waals surface area (Å²) in [5.74, 6) is 0.187. The highest BCUT2D eigenvalue weighted by Crippen LogP contribution is 2.20. The van der Waals surface area contributed by atoms with Gasteiger partial charge in [-0.1, -0.05) is 20.8 Å². The summed E-state index contributed by atoms with van der Waals surface area (Å²) in [4.78, 5) is 14.4. The molecule has 1 unspecified atom stereocenters. The molecule has 0 aliphatic rings. The van der Waals surface area contributed by atoms with Crippen molar-refractivity contribution < 1.29 is 9.53 Å². The zero-order chi connectivity index (χ0) is 12.8. The number of hydrogen-bond donors (Lipinski definition) is 0. The van der Waals surface area contributed by atoms with Crippen LogP contribution in [0.4, 0.5) is 0 Å². The summed E-state index contributed by atoms with van der Waals surface area (Å²) in [5.41, 5.74) is -0.377. The number of nitrogens with zero attached hydrogens (tertiary/aromatic N) is 1. The monoisotopic (exact) mass is 229 g/mol. The Balaban J connectivity index is 4.60. The molecule has 0 spiro atoms. The molecular weight excluding hydrogens is 202 g/mol. The number of rotatable bonds is 8. The molecule has 3 heteroatoms. The molecule has 0 aromatic heterocycles. The van der Waals surface area contributed by atoms with Gasteiger partial charge in [-0.15, -0.1) is 0 Å². The Kier molecular flexibility index (Phi) is 6.84. The SMILES string of the molecule is CCN(CC)C(C)(CC)C(=O)COC(C)C. The summed E-state index contributed by atoms with van der Waals surface area (Å²) in [5, 5.41) is 0. The number of hydrogen-bond acceptors (Lipinski definition) is 3. The first-order valence-corrected chi connectivity index (χ1v) is 6.32. The molecule has 1 atom stereocenters. The van der Waals surface area contributed by atoms with Crippen molar-refractivity contribution in [1.82, 2.24) is 4.90 Å². The van der Waals surface area contributed by atoms with Gasteiger partial charge in [-0.3, -0.25) is 9.69 Å². The standard InChI is InChI=1S/C13H27NO2/c1-7-13(6,14(8-2)9-3)12(15)10-16-11(4)5/h11H,7-10H2,1-6H3. The zero-order valence-corrected chi connectivity index (χ0v) is 11.7. The van der Waals surface area contributed by atoms with Crippen molar-refractivity contribution >= 4 is 5.78 Å². The van der Waals surface area contributed by atoms with E-state index in [2.05, 4.69) is 25.7 Å². The van der Waals surface area contributed by atoms with Crippen molar-refractivity contribution in [1.29, 1.82) is 0 Å². The lowest BCUT2D eigenvalue weighted by Gasteiger charge is -2.38. The summed E-state index contributed by atoms with van der Waals surface area (Å²) in [6.45, 7) is 14.2. The summed E-state index contributed by atoms with van der Waals surface area (Å²) in [7, 11) is 0. The maximum absolute atomic E-state index is 12.2. The minimum absolute atomic E-state index is 0.113. The molecule has 0 saturated carbocycles. The third kappa shape index (κ3) is 3.87. The number of carbonyl (C=O) groups excluding carboxylic acids is 1. The average molecular weight is 229 g/mol. The van der Waals surface area contributed by atoms with E-state index in [1.54, 1.807) is 0 Å². The molecule has 0 aromatic rings. The highest BCUT2D eigenvalue weighted by atomic mass is 16.5. The van der Waals surface area contributed by atoms with E-state index in [1.807, 2.05) is 20.8 Å². The predicted octanol–water partition coefficient (Wildman–Crippen LogP) is 2.49. The number of likely N-dealkylation sites (N-methyl/N-ethyl adjacent to an activating group) is 1. The zero-order valence-electron chi connectivity index (χ0n) is 11.7. The molecule has 0 saturated heterocycles. The topological polar surface area (TPSA) is 29.5 Å². The Bertz CT molecular complexity index is 212. The second-order valence-corrected chi connectivity index (χ2v) is 4.58. The van der Waals surface area contributed by atoms with E-state index >= 15 is 0 Å². The van der Waals surface area contributed by atoms with Crippen molar-refractivity contribution in [3.63, 3.8) is 0 Å². The molecule has 0 heterocycles. The van der Waals surface area contributed by atoms with Gasteiger partial charge in [0.15, 0.2) is 5.78 Å². The second-order valence-electron chi connectivity index (χ2n) is 4.58. The van der Waals surface area contributed by atoms with Gasteiger partial charge in [0.25, 0.3) is 0 Å². The van der Waals surface area contributed by atoms with Crippen LogP contribution in [0.5, 0.6) is 0 Å². The fraction of sp³-hybridized carbons (Fsp3) is 0.923. The minimum Gasteiger partial charge on any atom is -0.371 e. The Hall–Kier alpha value is -0.410. The van der Waals surface area contributed by atoms with E-state index in [9.17, 15) is 4.79 Å². The third-order valence-electron chi connectivity index (χ3n) is 3.30. The summed E-state index contributed by atoms with van der Waals surface area (Å²) in [6.07, 6.45) is 0.941. The molecule has 0 aliphatic carbocycles. The molecule has 16 heavy (non-hydrogen) atoms. The van der Waals surface area contributed by atoms with Crippen LogP contribution in [0, 0.1) is 0 Å². The third-order valence-corrected chi connectivity index (χ3v) is 3.30. The van der Waals surface area contributed by atoms with Crippen LogP contribution in [0.3, 0.4) is 0 Å². The lowest BCUT2D eigenvalue weighted by atomic mass is 9.91. The van der Waals surface area contributed by atoms with Gasteiger partial charge in [-0.05, 0) is 40.3 Å². The smallest absolute Gasteiger partial charge is 0.178 e. The molecule has 0 N–H and O–H groups in total. The molecule has 96 valence electrons. The van der Waals surface area contributed by atoms with Crippen molar-refractivity contribution in [3.05, 3.63) is 0 Å². The van der Waals surface area contributed by atoms with Crippen LogP contribution in [0.2, 0.25) is 0 Å². The first kappa shape index (κ1) is 15.6. The quantitative estimate of drug-likeness (QED) is 0.640. The van der Waals surface area contributed by atoms with Crippen LogP contribution in [-0.4, -0.2) is 42.0 Å². The number of Topliss-reactive ketones (excluding diaryl/α,β-unsaturated/α-hetero) is 1.